The summed E-state index contributed by atoms with van der Waals surface area (Å²) in [7, 11) is 3.20. The topological polar surface area (TPSA) is 86.5 Å². The standard InChI is InChI=1S/C19H19N3O4/c1-24-15-8-5-7-14(12-15)17-21-19(26-22-17)18(23)20-11-10-13-6-3-4-9-16(13)25-2/h3-9,12H,10-11H2,1-2H3,(H,20,23). The number of carbonyl (C=O) groups excluding carboxylic acids is 1. The van der Waals surface area contributed by atoms with Crippen LogP contribution in [0, 0.1) is 0 Å². The Labute approximate surface area is 150 Å². The van der Waals surface area contributed by atoms with Gasteiger partial charge >= 0.3 is 11.8 Å². The second kappa shape index (κ2) is 8.15. The summed E-state index contributed by atoms with van der Waals surface area (Å²) in [6.07, 6.45) is 0.632. The van der Waals surface area contributed by atoms with Crippen molar-refractivity contribution in [2.75, 3.05) is 20.8 Å². The first-order chi connectivity index (χ1) is 12.7. The summed E-state index contributed by atoms with van der Waals surface area (Å²) in [5, 5.41) is 6.62. The SMILES string of the molecule is COc1cccc(-c2noc(C(=O)NCCc3ccccc3OC)n2)c1. The molecule has 0 fully saturated rings. The molecule has 0 aliphatic rings. The molecule has 0 aliphatic heterocycles. The molecular weight excluding hydrogens is 334 g/mol. The summed E-state index contributed by atoms with van der Waals surface area (Å²) in [5.41, 5.74) is 1.72. The monoisotopic (exact) mass is 353 g/mol. The molecule has 1 aromatic heterocycles. The minimum Gasteiger partial charge on any atom is -0.497 e. The minimum atomic E-state index is -0.415. The number of hydrogen-bond donors (Lipinski definition) is 1. The highest BCUT2D eigenvalue weighted by atomic mass is 16.5. The summed E-state index contributed by atoms with van der Waals surface area (Å²) in [4.78, 5) is 16.3. The molecule has 7 heteroatoms. The van der Waals surface area contributed by atoms with Crippen LogP contribution in [0.2, 0.25) is 0 Å². The lowest BCUT2D eigenvalue weighted by molar-refractivity contribution is 0.0910. The molecule has 3 aromatic rings. The van der Waals surface area contributed by atoms with Gasteiger partial charge < -0.3 is 19.3 Å². The molecule has 2 aromatic carbocycles. The summed E-state index contributed by atoms with van der Waals surface area (Å²) in [6.45, 7) is 0.427. The quantitative estimate of drug-likeness (QED) is 0.703. The molecule has 0 unspecified atom stereocenters. The van der Waals surface area contributed by atoms with E-state index in [2.05, 4.69) is 15.5 Å². The Balaban J connectivity index is 1.61. The van der Waals surface area contributed by atoms with Crippen LogP contribution in [0.15, 0.2) is 53.1 Å². The van der Waals surface area contributed by atoms with E-state index in [0.717, 1.165) is 11.3 Å². The zero-order valence-electron chi connectivity index (χ0n) is 14.6. The molecule has 0 saturated heterocycles. The van der Waals surface area contributed by atoms with Gasteiger partial charge in [0.1, 0.15) is 11.5 Å². The Kier molecular flexibility index (Phi) is 5.48. The maximum Gasteiger partial charge on any atom is 0.316 e. The first-order valence-corrected chi connectivity index (χ1v) is 8.09. The minimum absolute atomic E-state index is 0.0807. The van der Waals surface area contributed by atoms with Crippen molar-refractivity contribution < 1.29 is 18.8 Å². The van der Waals surface area contributed by atoms with Crippen molar-refractivity contribution in [2.45, 2.75) is 6.42 Å². The lowest BCUT2D eigenvalue weighted by Gasteiger charge is -2.08. The Bertz CT molecular complexity index is 892. The van der Waals surface area contributed by atoms with Crippen molar-refractivity contribution in [1.29, 1.82) is 0 Å². The van der Waals surface area contributed by atoms with Crippen LogP contribution in [-0.4, -0.2) is 36.8 Å². The van der Waals surface area contributed by atoms with Gasteiger partial charge in [0.05, 0.1) is 14.2 Å². The molecule has 0 atom stereocenters. The van der Waals surface area contributed by atoms with Gasteiger partial charge in [-0.1, -0.05) is 35.5 Å². The molecule has 1 N–H and O–H groups in total. The number of rotatable bonds is 7. The van der Waals surface area contributed by atoms with E-state index in [1.54, 1.807) is 20.3 Å². The van der Waals surface area contributed by atoms with Gasteiger partial charge in [-0.15, -0.1) is 0 Å². The van der Waals surface area contributed by atoms with Crippen molar-refractivity contribution in [3.63, 3.8) is 0 Å². The molecule has 134 valence electrons. The highest BCUT2D eigenvalue weighted by Crippen LogP contribution is 2.21. The van der Waals surface area contributed by atoms with Crippen molar-refractivity contribution in [1.82, 2.24) is 15.5 Å². The predicted molar refractivity (Wildman–Crippen MR) is 95.3 cm³/mol. The number of hydrogen-bond acceptors (Lipinski definition) is 6. The molecule has 7 nitrogen and oxygen atoms in total. The van der Waals surface area contributed by atoms with Crippen LogP contribution in [0.3, 0.4) is 0 Å². The van der Waals surface area contributed by atoms with Gasteiger partial charge in [-0.05, 0) is 30.2 Å². The molecule has 0 bridgehead atoms. The van der Waals surface area contributed by atoms with Crippen molar-refractivity contribution in [3.05, 3.63) is 60.0 Å². The van der Waals surface area contributed by atoms with Gasteiger partial charge in [-0.2, -0.15) is 4.98 Å². The maximum absolute atomic E-state index is 12.2. The molecule has 1 amide bonds. The van der Waals surface area contributed by atoms with Gasteiger partial charge in [-0.3, -0.25) is 4.79 Å². The number of methoxy groups -OCH3 is 2. The summed E-state index contributed by atoms with van der Waals surface area (Å²) in [5.74, 6) is 1.30. The third-order valence-corrected chi connectivity index (χ3v) is 3.82. The molecule has 0 radical (unpaired) electrons. The zero-order valence-corrected chi connectivity index (χ0v) is 14.6. The summed E-state index contributed by atoms with van der Waals surface area (Å²) < 4.78 is 15.5. The predicted octanol–water partition coefficient (Wildman–Crippen LogP) is 2.73. The number of amides is 1. The van der Waals surface area contributed by atoms with E-state index in [-0.39, 0.29) is 5.89 Å². The molecule has 1 heterocycles. The number of ether oxygens (including phenoxy) is 2. The third kappa shape index (κ3) is 4.00. The number of aromatic nitrogens is 2. The molecule has 3 rings (SSSR count). The second-order valence-electron chi connectivity index (χ2n) is 5.47. The number of carbonyl (C=O) groups is 1. The van der Waals surface area contributed by atoms with Gasteiger partial charge in [0, 0.05) is 12.1 Å². The van der Waals surface area contributed by atoms with Gasteiger partial charge in [0.25, 0.3) is 0 Å². The van der Waals surface area contributed by atoms with E-state index in [9.17, 15) is 4.79 Å². The van der Waals surface area contributed by atoms with E-state index in [4.69, 9.17) is 14.0 Å². The van der Waals surface area contributed by atoms with Crippen LogP contribution in [-0.2, 0) is 6.42 Å². The first kappa shape index (κ1) is 17.5. The Morgan fingerprint density at radius 2 is 1.96 bits per heavy atom. The van der Waals surface area contributed by atoms with Crippen LogP contribution in [0.25, 0.3) is 11.4 Å². The van der Waals surface area contributed by atoms with E-state index in [1.807, 2.05) is 42.5 Å². The highest BCUT2D eigenvalue weighted by Gasteiger charge is 2.16. The van der Waals surface area contributed by atoms with Crippen LogP contribution in [0.5, 0.6) is 11.5 Å². The maximum atomic E-state index is 12.2. The van der Waals surface area contributed by atoms with Gasteiger partial charge in [-0.25, -0.2) is 0 Å². The average molecular weight is 353 g/mol. The van der Waals surface area contributed by atoms with E-state index >= 15 is 0 Å². The normalized spacial score (nSPS) is 10.4. The van der Waals surface area contributed by atoms with E-state index in [1.165, 1.54) is 0 Å². The van der Waals surface area contributed by atoms with Crippen LogP contribution >= 0.6 is 0 Å². The fourth-order valence-electron chi connectivity index (χ4n) is 2.49. The fourth-order valence-corrected chi connectivity index (χ4v) is 2.49. The van der Waals surface area contributed by atoms with Crippen LogP contribution < -0.4 is 14.8 Å². The zero-order chi connectivity index (χ0) is 18.4. The Morgan fingerprint density at radius 3 is 2.77 bits per heavy atom. The highest BCUT2D eigenvalue weighted by molar-refractivity contribution is 5.89. The third-order valence-electron chi connectivity index (χ3n) is 3.82. The smallest absolute Gasteiger partial charge is 0.316 e. The lowest BCUT2D eigenvalue weighted by Crippen LogP contribution is -2.26. The van der Waals surface area contributed by atoms with E-state index in [0.29, 0.717) is 30.1 Å². The lowest BCUT2D eigenvalue weighted by atomic mass is 10.1. The number of para-hydroxylation sites is 1. The number of benzene rings is 2. The van der Waals surface area contributed by atoms with Crippen molar-refractivity contribution >= 4 is 5.91 Å². The second-order valence-corrected chi connectivity index (χ2v) is 5.47. The van der Waals surface area contributed by atoms with Crippen LogP contribution in [0.4, 0.5) is 0 Å². The fraction of sp³-hybridized carbons (Fsp3) is 0.211. The Hall–Kier alpha value is -3.35. The summed E-state index contributed by atoms with van der Waals surface area (Å²) in [6, 6.07) is 14.9. The molecule has 26 heavy (non-hydrogen) atoms. The van der Waals surface area contributed by atoms with Crippen molar-refractivity contribution in [3.8, 4) is 22.9 Å². The Morgan fingerprint density at radius 1 is 1.12 bits per heavy atom. The number of nitrogens with zero attached hydrogens (tertiary/aromatic N) is 2. The average Bonchev–Trinajstić information content (AvgIpc) is 3.19. The largest absolute Gasteiger partial charge is 0.497 e. The molecule has 0 saturated carbocycles. The van der Waals surface area contributed by atoms with Crippen molar-refractivity contribution in [2.24, 2.45) is 0 Å². The van der Waals surface area contributed by atoms with Crippen LogP contribution in [0.1, 0.15) is 16.2 Å². The first-order valence-electron chi connectivity index (χ1n) is 8.09. The summed E-state index contributed by atoms with van der Waals surface area (Å²) >= 11 is 0. The molecule has 0 spiro atoms. The van der Waals surface area contributed by atoms with Gasteiger partial charge in [0.15, 0.2) is 0 Å². The number of nitrogens with one attached hydrogen (secondary N) is 1. The van der Waals surface area contributed by atoms with E-state index < -0.39 is 5.91 Å². The molecular formula is C19H19N3O4. The van der Waals surface area contributed by atoms with Gasteiger partial charge in [0.2, 0.25) is 5.82 Å². The molecule has 0 aliphatic carbocycles.